The Bertz CT molecular complexity index is 756. The van der Waals surface area contributed by atoms with E-state index in [1.54, 1.807) is 0 Å². The van der Waals surface area contributed by atoms with Gasteiger partial charge in [0.2, 0.25) is 0 Å². The highest BCUT2D eigenvalue weighted by Crippen LogP contribution is 2.51. The van der Waals surface area contributed by atoms with E-state index in [9.17, 15) is 8.78 Å². The maximum Gasteiger partial charge on any atom is 0.191 e. The molecule has 3 aliphatic rings. The summed E-state index contributed by atoms with van der Waals surface area (Å²) in [6.45, 7) is 7.52. The van der Waals surface area contributed by atoms with Crippen molar-refractivity contribution in [2.75, 3.05) is 6.61 Å². The van der Waals surface area contributed by atoms with Crippen LogP contribution in [-0.2, 0) is 0 Å². The van der Waals surface area contributed by atoms with Gasteiger partial charge in [-0.1, -0.05) is 31.6 Å². The van der Waals surface area contributed by atoms with E-state index >= 15 is 0 Å². The lowest BCUT2D eigenvalue weighted by molar-refractivity contribution is 0.0712. The van der Waals surface area contributed by atoms with Crippen LogP contribution in [0.3, 0.4) is 0 Å². The molecule has 0 aromatic heterocycles. The predicted molar refractivity (Wildman–Crippen MR) is 128 cm³/mol. The molecule has 32 heavy (non-hydrogen) atoms. The summed E-state index contributed by atoms with van der Waals surface area (Å²) in [5, 5.41) is 0. The Morgan fingerprint density at radius 2 is 1.38 bits per heavy atom. The maximum atomic E-state index is 14.5. The lowest BCUT2D eigenvalue weighted by Gasteiger charge is -2.45. The molecule has 1 aromatic rings. The molecule has 3 fully saturated rings. The average Bonchev–Trinajstić information content (AvgIpc) is 2.82. The Morgan fingerprint density at radius 1 is 0.781 bits per heavy atom. The molecule has 1 nitrogen and oxygen atoms in total. The van der Waals surface area contributed by atoms with E-state index in [1.807, 2.05) is 0 Å². The van der Waals surface area contributed by atoms with E-state index in [0.717, 1.165) is 48.0 Å². The van der Waals surface area contributed by atoms with Crippen molar-refractivity contribution in [1.29, 1.82) is 0 Å². The first-order chi connectivity index (χ1) is 15.6. The highest BCUT2D eigenvalue weighted by Gasteiger charge is 2.39. The SMILES string of the molecule is C=CCCC1CCC(C2CCC3CC(c4cc(F)c(OCC=C)c(F)c4)CCC3C2)CC1. The second kappa shape index (κ2) is 11.0. The second-order valence-electron chi connectivity index (χ2n) is 10.7. The number of ether oxygens (including phenoxy) is 1. The van der Waals surface area contributed by atoms with Crippen molar-refractivity contribution in [3.8, 4) is 5.75 Å². The monoisotopic (exact) mass is 442 g/mol. The fourth-order valence-corrected chi connectivity index (χ4v) is 7.05. The molecule has 0 heterocycles. The van der Waals surface area contributed by atoms with Crippen LogP contribution >= 0.6 is 0 Å². The summed E-state index contributed by atoms with van der Waals surface area (Å²) < 4.78 is 34.1. The molecule has 0 aliphatic heterocycles. The molecule has 0 saturated heterocycles. The third-order valence-electron chi connectivity index (χ3n) is 8.83. The molecular weight excluding hydrogens is 402 g/mol. The fourth-order valence-electron chi connectivity index (χ4n) is 7.05. The molecule has 0 radical (unpaired) electrons. The lowest BCUT2D eigenvalue weighted by atomic mass is 9.60. The van der Waals surface area contributed by atoms with Crippen LogP contribution in [0.2, 0.25) is 0 Å². The quantitative estimate of drug-likeness (QED) is 0.366. The number of hydrogen-bond acceptors (Lipinski definition) is 1. The van der Waals surface area contributed by atoms with Crippen LogP contribution in [0.25, 0.3) is 0 Å². The van der Waals surface area contributed by atoms with Gasteiger partial charge in [0, 0.05) is 0 Å². The van der Waals surface area contributed by atoms with Gasteiger partial charge in [0.1, 0.15) is 6.61 Å². The van der Waals surface area contributed by atoms with Gasteiger partial charge < -0.3 is 4.74 Å². The first kappa shape index (κ1) is 23.5. The zero-order chi connectivity index (χ0) is 22.5. The Kier molecular flexibility index (Phi) is 8.07. The third kappa shape index (κ3) is 5.46. The molecular formula is C29H40F2O. The summed E-state index contributed by atoms with van der Waals surface area (Å²) in [7, 11) is 0. The number of benzene rings is 1. The number of hydrogen-bond donors (Lipinski definition) is 0. The van der Waals surface area contributed by atoms with Crippen molar-refractivity contribution in [1.82, 2.24) is 0 Å². The molecule has 4 atom stereocenters. The zero-order valence-corrected chi connectivity index (χ0v) is 19.5. The Labute approximate surface area is 193 Å². The molecule has 4 rings (SSSR count). The first-order valence-electron chi connectivity index (χ1n) is 12.9. The normalized spacial score (nSPS) is 32.7. The van der Waals surface area contributed by atoms with Crippen LogP contribution in [0.4, 0.5) is 8.78 Å². The summed E-state index contributed by atoms with van der Waals surface area (Å²) in [5.41, 5.74) is 0.810. The van der Waals surface area contributed by atoms with Crippen molar-refractivity contribution >= 4 is 0 Å². The van der Waals surface area contributed by atoms with Gasteiger partial charge in [-0.05, 0) is 117 Å². The Balaban J connectivity index is 1.30. The van der Waals surface area contributed by atoms with E-state index in [0.29, 0.717) is 0 Å². The van der Waals surface area contributed by atoms with Gasteiger partial charge in [-0.3, -0.25) is 0 Å². The molecule has 3 saturated carbocycles. The van der Waals surface area contributed by atoms with Crippen molar-refractivity contribution in [2.45, 2.75) is 83.0 Å². The molecule has 176 valence electrons. The van der Waals surface area contributed by atoms with E-state index in [-0.39, 0.29) is 18.3 Å². The maximum absolute atomic E-state index is 14.5. The standard InChI is InChI=1S/C29H40F2O/c1-3-5-6-20-7-9-21(10-8-20)22-11-12-24-17-25(14-13-23(24)16-22)26-18-27(30)29(28(31)19-26)32-15-4-2/h3-4,18-25H,1-2,5-17H2. The van der Waals surface area contributed by atoms with Crippen LogP contribution in [0, 0.1) is 41.2 Å². The predicted octanol–water partition coefficient (Wildman–Crippen LogP) is 8.60. The Morgan fingerprint density at radius 3 is 2.03 bits per heavy atom. The van der Waals surface area contributed by atoms with Gasteiger partial charge in [0.15, 0.2) is 17.4 Å². The molecule has 4 unspecified atom stereocenters. The highest BCUT2D eigenvalue weighted by atomic mass is 19.1. The van der Waals surface area contributed by atoms with Crippen molar-refractivity contribution < 1.29 is 13.5 Å². The van der Waals surface area contributed by atoms with Crippen LogP contribution in [0.5, 0.6) is 5.75 Å². The fraction of sp³-hybridized carbons (Fsp3) is 0.655. The minimum Gasteiger partial charge on any atom is -0.483 e. The molecule has 0 bridgehead atoms. The largest absolute Gasteiger partial charge is 0.483 e. The van der Waals surface area contributed by atoms with Crippen LogP contribution in [-0.4, -0.2) is 6.61 Å². The summed E-state index contributed by atoms with van der Waals surface area (Å²) >= 11 is 0. The summed E-state index contributed by atoms with van der Waals surface area (Å²) in [5.74, 6) is 3.11. The lowest BCUT2D eigenvalue weighted by Crippen LogP contribution is -2.34. The number of rotatable bonds is 8. The molecule has 3 heteroatoms. The highest BCUT2D eigenvalue weighted by molar-refractivity contribution is 5.33. The number of allylic oxidation sites excluding steroid dienone is 1. The van der Waals surface area contributed by atoms with Gasteiger partial charge in [-0.2, -0.15) is 0 Å². The first-order valence-corrected chi connectivity index (χ1v) is 12.9. The van der Waals surface area contributed by atoms with Crippen LogP contribution in [0.15, 0.2) is 37.4 Å². The summed E-state index contributed by atoms with van der Waals surface area (Å²) in [4.78, 5) is 0. The van der Waals surface area contributed by atoms with Gasteiger partial charge in [0.05, 0.1) is 0 Å². The zero-order valence-electron chi connectivity index (χ0n) is 19.5. The molecule has 3 aliphatic carbocycles. The third-order valence-corrected chi connectivity index (χ3v) is 8.83. The van der Waals surface area contributed by atoms with Crippen LogP contribution in [0.1, 0.15) is 88.5 Å². The van der Waals surface area contributed by atoms with Gasteiger partial charge in [0.25, 0.3) is 0 Å². The van der Waals surface area contributed by atoms with Crippen molar-refractivity contribution in [3.05, 3.63) is 54.6 Å². The average molecular weight is 443 g/mol. The van der Waals surface area contributed by atoms with Crippen molar-refractivity contribution in [3.63, 3.8) is 0 Å². The topological polar surface area (TPSA) is 9.23 Å². The second-order valence-corrected chi connectivity index (χ2v) is 10.7. The minimum absolute atomic E-state index is 0.109. The minimum atomic E-state index is -0.587. The Hall–Kier alpha value is -1.64. The van der Waals surface area contributed by atoms with Crippen LogP contribution < -0.4 is 4.74 Å². The van der Waals surface area contributed by atoms with Gasteiger partial charge in [-0.15, -0.1) is 6.58 Å². The van der Waals surface area contributed by atoms with E-state index in [1.165, 1.54) is 82.4 Å². The van der Waals surface area contributed by atoms with Gasteiger partial charge in [-0.25, -0.2) is 8.78 Å². The number of halogens is 2. The smallest absolute Gasteiger partial charge is 0.191 e. The summed E-state index contributed by atoms with van der Waals surface area (Å²) in [6.07, 6.45) is 19.1. The van der Waals surface area contributed by atoms with Gasteiger partial charge >= 0.3 is 0 Å². The van der Waals surface area contributed by atoms with E-state index in [2.05, 4.69) is 19.2 Å². The molecule has 0 spiro atoms. The molecule has 1 aromatic carbocycles. The molecule has 0 amide bonds. The molecule has 0 N–H and O–H groups in total. The van der Waals surface area contributed by atoms with Crippen molar-refractivity contribution in [2.24, 2.45) is 29.6 Å². The van der Waals surface area contributed by atoms with E-state index < -0.39 is 11.6 Å². The number of fused-ring (bicyclic) bond motifs is 1. The summed E-state index contributed by atoms with van der Waals surface area (Å²) in [6, 6.07) is 3.01. The van der Waals surface area contributed by atoms with E-state index in [4.69, 9.17) is 4.74 Å².